The molecule has 1 saturated carbocycles. The molecule has 0 aromatic heterocycles. The van der Waals surface area contributed by atoms with E-state index in [0.29, 0.717) is 0 Å². The summed E-state index contributed by atoms with van der Waals surface area (Å²) in [4.78, 5) is 36.6. The fraction of sp³-hybridized carbons (Fsp3) is 0.444. The van der Waals surface area contributed by atoms with Crippen molar-refractivity contribution in [2.75, 3.05) is 6.61 Å². The first-order valence-electron chi connectivity index (χ1n) is 12.1. The van der Waals surface area contributed by atoms with Gasteiger partial charge in [0.05, 0.1) is 0 Å². The predicted molar refractivity (Wildman–Crippen MR) is 128 cm³/mol. The maximum Gasteiger partial charge on any atom is 0.407 e. The third-order valence-corrected chi connectivity index (χ3v) is 6.90. The van der Waals surface area contributed by atoms with Gasteiger partial charge in [0.2, 0.25) is 5.91 Å². The first kappa shape index (κ1) is 23.8. The number of alkyl carbamates (subject to hydrolysis) is 1. The maximum atomic E-state index is 12.5. The summed E-state index contributed by atoms with van der Waals surface area (Å²) in [5, 5.41) is 14.9. The number of carbonyl (C=O) groups is 3. The van der Waals surface area contributed by atoms with E-state index in [9.17, 15) is 19.5 Å². The second kappa shape index (κ2) is 10.7. The molecule has 1 fully saturated rings. The van der Waals surface area contributed by atoms with Gasteiger partial charge in [-0.3, -0.25) is 4.79 Å². The van der Waals surface area contributed by atoms with Crippen LogP contribution in [0.5, 0.6) is 0 Å². The molecule has 7 heteroatoms. The fourth-order valence-electron chi connectivity index (χ4n) is 5.25. The molecule has 2 atom stereocenters. The number of amides is 2. The predicted octanol–water partition coefficient (Wildman–Crippen LogP) is 4.45. The van der Waals surface area contributed by atoms with E-state index in [-0.39, 0.29) is 30.8 Å². The molecule has 2 aromatic rings. The SMILES string of the molecule is CC(CC(=O)NC(C(=O)O)C1CCCCC1)NC(=O)OCC1c2ccccc2-c2ccccc21. The smallest absolute Gasteiger partial charge is 0.407 e. The third-order valence-electron chi connectivity index (χ3n) is 6.90. The van der Waals surface area contributed by atoms with Crippen molar-refractivity contribution >= 4 is 18.0 Å². The highest BCUT2D eigenvalue weighted by atomic mass is 16.5. The van der Waals surface area contributed by atoms with E-state index in [1.165, 1.54) is 0 Å². The van der Waals surface area contributed by atoms with Crippen LogP contribution in [0, 0.1) is 5.92 Å². The zero-order valence-electron chi connectivity index (χ0n) is 19.5. The summed E-state index contributed by atoms with van der Waals surface area (Å²) in [5.41, 5.74) is 4.57. The number of aliphatic carboxylic acids is 1. The topological polar surface area (TPSA) is 105 Å². The van der Waals surface area contributed by atoms with Crippen molar-refractivity contribution in [3.63, 3.8) is 0 Å². The normalized spacial score (nSPS) is 17.2. The molecule has 0 bridgehead atoms. The minimum absolute atomic E-state index is 0.0132. The Hall–Kier alpha value is -3.35. The van der Waals surface area contributed by atoms with Crippen molar-refractivity contribution < 1.29 is 24.2 Å². The number of carbonyl (C=O) groups excluding carboxylic acids is 2. The average Bonchev–Trinajstić information content (AvgIpc) is 3.15. The Bertz CT molecular complexity index is 1000. The summed E-state index contributed by atoms with van der Waals surface area (Å²) in [7, 11) is 0. The van der Waals surface area contributed by atoms with Gasteiger partial charge in [-0.2, -0.15) is 0 Å². The first-order chi connectivity index (χ1) is 16.4. The lowest BCUT2D eigenvalue weighted by molar-refractivity contribution is -0.144. The fourth-order valence-corrected chi connectivity index (χ4v) is 5.25. The largest absolute Gasteiger partial charge is 0.480 e. The van der Waals surface area contributed by atoms with Crippen molar-refractivity contribution in [3.05, 3.63) is 59.7 Å². The minimum atomic E-state index is -1.00. The van der Waals surface area contributed by atoms with Crippen LogP contribution in [0.15, 0.2) is 48.5 Å². The molecule has 0 saturated heterocycles. The third kappa shape index (κ3) is 5.41. The molecule has 7 nitrogen and oxygen atoms in total. The van der Waals surface area contributed by atoms with E-state index >= 15 is 0 Å². The summed E-state index contributed by atoms with van der Waals surface area (Å²) < 4.78 is 5.53. The van der Waals surface area contributed by atoms with Crippen molar-refractivity contribution in [1.29, 1.82) is 0 Å². The lowest BCUT2D eigenvalue weighted by Crippen LogP contribution is -2.48. The molecule has 180 valence electrons. The zero-order valence-corrected chi connectivity index (χ0v) is 19.5. The van der Waals surface area contributed by atoms with E-state index in [4.69, 9.17) is 4.74 Å². The number of fused-ring (bicyclic) bond motifs is 3. The van der Waals surface area contributed by atoms with Crippen LogP contribution < -0.4 is 10.6 Å². The molecular weight excluding hydrogens is 432 g/mol. The van der Waals surface area contributed by atoms with Gasteiger partial charge in [-0.05, 0) is 47.9 Å². The van der Waals surface area contributed by atoms with E-state index in [1.54, 1.807) is 6.92 Å². The van der Waals surface area contributed by atoms with Crippen molar-refractivity contribution in [3.8, 4) is 11.1 Å². The Morgan fingerprint density at radius 3 is 2.12 bits per heavy atom. The molecule has 3 N–H and O–H groups in total. The van der Waals surface area contributed by atoms with Gasteiger partial charge in [0, 0.05) is 18.4 Å². The van der Waals surface area contributed by atoms with Gasteiger partial charge in [-0.15, -0.1) is 0 Å². The molecule has 2 aliphatic carbocycles. The molecule has 0 spiro atoms. The highest BCUT2D eigenvalue weighted by molar-refractivity contribution is 5.84. The van der Waals surface area contributed by atoms with Crippen LogP contribution in [0.25, 0.3) is 11.1 Å². The molecule has 34 heavy (non-hydrogen) atoms. The van der Waals surface area contributed by atoms with Crippen LogP contribution in [0.3, 0.4) is 0 Å². The molecule has 2 aromatic carbocycles. The Morgan fingerprint density at radius 1 is 0.941 bits per heavy atom. The highest BCUT2D eigenvalue weighted by Gasteiger charge is 2.31. The number of hydrogen-bond donors (Lipinski definition) is 3. The van der Waals surface area contributed by atoms with Crippen LogP contribution in [0.1, 0.15) is 62.5 Å². The minimum Gasteiger partial charge on any atom is -0.480 e. The lowest BCUT2D eigenvalue weighted by Gasteiger charge is -2.28. The molecule has 0 aliphatic heterocycles. The van der Waals surface area contributed by atoms with Crippen LogP contribution in [0.4, 0.5) is 4.79 Å². The summed E-state index contributed by atoms with van der Waals surface area (Å²) in [6.45, 7) is 1.90. The van der Waals surface area contributed by atoms with Gasteiger partial charge >= 0.3 is 12.1 Å². The molecule has 2 amide bonds. The first-order valence-corrected chi connectivity index (χ1v) is 12.1. The van der Waals surface area contributed by atoms with E-state index < -0.39 is 24.1 Å². The second-order valence-electron chi connectivity index (χ2n) is 9.36. The molecule has 2 aliphatic rings. The Balaban J connectivity index is 1.28. The van der Waals surface area contributed by atoms with Crippen LogP contribution in [-0.2, 0) is 14.3 Å². The molecule has 0 heterocycles. The summed E-state index contributed by atoms with van der Waals surface area (Å²) in [5.74, 6) is -1.47. The number of carboxylic acid groups (broad SMARTS) is 1. The Labute approximate surface area is 199 Å². The molecule has 0 radical (unpaired) electrons. The van der Waals surface area contributed by atoms with Crippen LogP contribution >= 0.6 is 0 Å². The Morgan fingerprint density at radius 2 is 1.53 bits per heavy atom. The average molecular weight is 465 g/mol. The number of ether oxygens (including phenoxy) is 1. The standard InChI is InChI=1S/C27H32N2O5/c1-17(15-24(30)29-25(26(31)32)18-9-3-2-4-10-18)28-27(33)34-16-23-21-13-7-5-11-19(21)20-12-6-8-14-22(20)23/h5-8,11-14,17-18,23,25H,2-4,9-10,15-16H2,1H3,(H,28,33)(H,29,30)(H,31,32). The summed E-state index contributed by atoms with van der Waals surface area (Å²) in [6, 6.07) is 14.9. The quantitative estimate of drug-likeness (QED) is 0.535. The highest BCUT2D eigenvalue weighted by Crippen LogP contribution is 2.44. The van der Waals surface area contributed by atoms with Crippen LogP contribution in [-0.4, -0.2) is 41.8 Å². The molecule has 2 unspecified atom stereocenters. The maximum absolute atomic E-state index is 12.5. The van der Waals surface area contributed by atoms with Crippen molar-refractivity contribution in [2.45, 2.75) is 63.5 Å². The Kier molecular flexibility index (Phi) is 7.50. The van der Waals surface area contributed by atoms with Gasteiger partial charge in [0.1, 0.15) is 12.6 Å². The number of nitrogens with one attached hydrogen (secondary N) is 2. The summed E-state index contributed by atoms with van der Waals surface area (Å²) >= 11 is 0. The van der Waals surface area contributed by atoms with Crippen molar-refractivity contribution in [2.24, 2.45) is 5.92 Å². The number of rotatable bonds is 8. The monoisotopic (exact) mass is 464 g/mol. The van der Waals surface area contributed by atoms with E-state index in [1.807, 2.05) is 24.3 Å². The van der Waals surface area contributed by atoms with Crippen molar-refractivity contribution in [1.82, 2.24) is 10.6 Å². The lowest BCUT2D eigenvalue weighted by atomic mass is 9.84. The van der Waals surface area contributed by atoms with Crippen LogP contribution in [0.2, 0.25) is 0 Å². The zero-order chi connectivity index (χ0) is 24.1. The van der Waals surface area contributed by atoms with Gasteiger partial charge in [-0.1, -0.05) is 67.8 Å². The van der Waals surface area contributed by atoms with Gasteiger partial charge < -0.3 is 20.5 Å². The van der Waals surface area contributed by atoms with E-state index in [0.717, 1.165) is 54.4 Å². The van der Waals surface area contributed by atoms with Gasteiger partial charge in [0.15, 0.2) is 0 Å². The number of benzene rings is 2. The van der Waals surface area contributed by atoms with Gasteiger partial charge in [-0.25, -0.2) is 9.59 Å². The van der Waals surface area contributed by atoms with Gasteiger partial charge in [0.25, 0.3) is 0 Å². The summed E-state index contributed by atoms with van der Waals surface area (Å²) in [6.07, 6.45) is 4.10. The molecule has 4 rings (SSSR count). The number of carboxylic acids is 1. The van der Waals surface area contributed by atoms with E-state index in [2.05, 4.69) is 34.9 Å². The second-order valence-corrected chi connectivity index (χ2v) is 9.36. The molecular formula is C27H32N2O5. The number of hydrogen-bond acceptors (Lipinski definition) is 4.